The highest BCUT2D eigenvalue weighted by atomic mass is 16.2. The van der Waals surface area contributed by atoms with Crippen molar-refractivity contribution in [1.29, 1.82) is 0 Å². The van der Waals surface area contributed by atoms with Gasteiger partial charge in [0.2, 0.25) is 5.91 Å². The summed E-state index contributed by atoms with van der Waals surface area (Å²) >= 11 is 0. The molecule has 1 saturated heterocycles. The van der Waals surface area contributed by atoms with Gasteiger partial charge < -0.3 is 16.0 Å². The van der Waals surface area contributed by atoms with Crippen LogP contribution in [0.4, 0.5) is 10.5 Å². The van der Waals surface area contributed by atoms with Crippen LogP contribution in [0, 0.1) is 0 Å². The summed E-state index contributed by atoms with van der Waals surface area (Å²) in [5.41, 5.74) is 0.0732. The summed E-state index contributed by atoms with van der Waals surface area (Å²) in [6.45, 7) is 2.21. The minimum atomic E-state index is -1.12. The maximum absolute atomic E-state index is 11.9. The molecule has 0 aromatic heterocycles. The first-order chi connectivity index (χ1) is 9.95. The number of carbonyl (C=O) groups excluding carboxylic acids is 3. The van der Waals surface area contributed by atoms with Crippen molar-refractivity contribution < 1.29 is 14.4 Å². The summed E-state index contributed by atoms with van der Waals surface area (Å²) in [6.07, 6.45) is 0.356. The lowest BCUT2D eigenvalue weighted by Crippen LogP contribution is -2.40. The van der Waals surface area contributed by atoms with Crippen LogP contribution in [-0.4, -0.2) is 31.4 Å². The Morgan fingerprint density at radius 2 is 2.10 bits per heavy atom. The molecule has 2 rings (SSSR count). The third-order valence-corrected chi connectivity index (χ3v) is 3.37. The van der Waals surface area contributed by atoms with E-state index in [1.807, 2.05) is 0 Å². The molecule has 1 aliphatic heterocycles. The average Bonchev–Trinajstić information content (AvgIpc) is 2.71. The predicted molar refractivity (Wildman–Crippen MR) is 77.6 cm³/mol. The predicted octanol–water partition coefficient (Wildman–Crippen LogP) is 0.289. The van der Waals surface area contributed by atoms with Gasteiger partial charge in [-0.15, -0.1) is 0 Å². The quantitative estimate of drug-likeness (QED) is 0.586. The minimum absolute atomic E-state index is 0.119. The lowest BCUT2D eigenvalue weighted by Gasteiger charge is -2.21. The van der Waals surface area contributed by atoms with Crippen LogP contribution < -0.4 is 21.3 Å². The van der Waals surface area contributed by atoms with Gasteiger partial charge in [0, 0.05) is 18.7 Å². The maximum Gasteiger partial charge on any atom is 0.322 e. The number of anilines is 1. The number of urea groups is 1. The van der Waals surface area contributed by atoms with Crippen molar-refractivity contribution in [2.45, 2.75) is 18.9 Å². The van der Waals surface area contributed by atoms with Crippen LogP contribution >= 0.6 is 0 Å². The smallest absolute Gasteiger partial charge is 0.322 e. The standard InChI is InChI=1S/C14H18N4O3/c1-14(12(20)17-13(21)18-14)9-4-3-5-10(8-9)16-11(19)6-7-15-2/h3-5,8,15H,6-7H2,1-2H3,(H,16,19)(H2,17,18,20,21). The van der Waals surface area contributed by atoms with Crippen LogP contribution in [0.2, 0.25) is 0 Å². The van der Waals surface area contributed by atoms with Gasteiger partial charge in [-0.1, -0.05) is 12.1 Å². The summed E-state index contributed by atoms with van der Waals surface area (Å²) in [6, 6.07) is 6.35. The summed E-state index contributed by atoms with van der Waals surface area (Å²) in [5.74, 6) is -0.530. The largest absolute Gasteiger partial charge is 0.326 e. The Morgan fingerprint density at radius 1 is 1.33 bits per heavy atom. The molecule has 1 aromatic rings. The highest BCUT2D eigenvalue weighted by molar-refractivity contribution is 6.07. The average molecular weight is 290 g/mol. The molecule has 0 spiro atoms. The molecule has 0 aliphatic carbocycles. The second-order valence-corrected chi connectivity index (χ2v) is 5.02. The van der Waals surface area contributed by atoms with Gasteiger partial charge in [0.05, 0.1) is 0 Å². The van der Waals surface area contributed by atoms with E-state index in [2.05, 4.69) is 21.3 Å². The summed E-state index contributed by atoms with van der Waals surface area (Å²) < 4.78 is 0. The van der Waals surface area contributed by atoms with E-state index in [4.69, 9.17) is 0 Å². The van der Waals surface area contributed by atoms with E-state index < -0.39 is 17.5 Å². The number of hydrogen-bond acceptors (Lipinski definition) is 4. The van der Waals surface area contributed by atoms with Crippen LogP contribution in [0.1, 0.15) is 18.9 Å². The van der Waals surface area contributed by atoms with Gasteiger partial charge in [-0.25, -0.2) is 4.79 Å². The van der Waals surface area contributed by atoms with E-state index in [-0.39, 0.29) is 5.91 Å². The Hall–Kier alpha value is -2.41. The van der Waals surface area contributed by atoms with Crippen molar-refractivity contribution in [3.8, 4) is 0 Å². The second-order valence-electron chi connectivity index (χ2n) is 5.02. The van der Waals surface area contributed by atoms with Gasteiger partial charge >= 0.3 is 6.03 Å². The zero-order valence-electron chi connectivity index (χ0n) is 11.9. The molecule has 1 aliphatic rings. The van der Waals surface area contributed by atoms with Crippen LogP contribution in [0.25, 0.3) is 0 Å². The molecule has 21 heavy (non-hydrogen) atoms. The Labute approximate surface area is 122 Å². The zero-order chi connectivity index (χ0) is 15.5. The first-order valence-electron chi connectivity index (χ1n) is 6.64. The first kappa shape index (κ1) is 15.0. The third-order valence-electron chi connectivity index (χ3n) is 3.37. The second kappa shape index (κ2) is 5.92. The van der Waals surface area contributed by atoms with E-state index >= 15 is 0 Å². The number of rotatable bonds is 5. The Morgan fingerprint density at radius 3 is 2.71 bits per heavy atom. The van der Waals surface area contributed by atoms with Crippen LogP contribution in [0.3, 0.4) is 0 Å². The fourth-order valence-corrected chi connectivity index (χ4v) is 2.12. The molecule has 1 aromatic carbocycles. The van der Waals surface area contributed by atoms with Crippen molar-refractivity contribution >= 4 is 23.5 Å². The minimum Gasteiger partial charge on any atom is -0.326 e. The lowest BCUT2D eigenvalue weighted by atomic mass is 9.92. The van der Waals surface area contributed by atoms with Crippen molar-refractivity contribution in [3.05, 3.63) is 29.8 Å². The van der Waals surface area contributed by atoms with E-state index in [9.17, 15) is 14.4 Å². The normalized spacial score (nSPS) is 20.9. The van der Waals surface area contributed by atoms with Gasteiger partial charge in [0.1, 0.15) is 5.54 Å². The number of benzene rings is 1. The molecular formula is C14H18N4O3. The van der Waals surface area contributed by atoms with Crippen molar-refractivity contribution in [1.82, 2.24) is 16.0 Å². The van der Waals surface area contributed by atoms with E-state index in [1.165, 1.54) is 0 Å². The Kier molecular flexibility index (Phi) is 4.23. The topological polar surface area (TPSA) is 99.3 Å². The van der Waals surface area contributed by atoms with Crippen molar-refractivity contribution in [3.63, 3.8) is 0 Å². The van der Waals surface area contributed by atoms with Gasteiger partial charge in [0.15, 0.2) is 0 Å². The number of nitrogens with one attached hydrogen (secondary N) is 4. The van der Waals surface area contributed by atoms with E-state index in [0.29, 0.717) is 24.2 Å². The first-order valence-corrected chi connectivity index (χ1v) is 6.64. The van der Waals surface area contributed by atoms with Crippen LogP contribution in [-0.2, 0) is 15.1 Å². The molecule has 112 valence electrons. The molecule has 7 nitrogen and oxygen atoms in total. The molecule has 1 fully saturated rings. The number of hydrogen-bond donors (Lipinski definition) is 4. The summed E-state index contributed by atoms with van der Waals surface area (Å²) in [5, 5.41) is 10.5. The van der Waals surface area contributed by atoms with Gasteiger partial charge in [-0.2, -0.15) is 0 Å². The van der Waals surface area contributed by atoms with E-state index in [1.54, 1.807) is 38.2 Å². The lowest BCUT2D eigenvalue weighted by molar-refractivity contribution is -0.123. The number of carbonyl (C=O) groups is 3. The third kappa shape index (κ3) is 3.19. The Bertz CT molecular complexity index is 587. The molecule has 1 unspecified atom stereocenters. The highest BCUT2D eigenvalue weighted by Crippen LogP contribution is 2.26. The molecule has 7 heteroatoms. The molecule has 0 bridgehead atoms. The van der Waals surface area contributed by atoms with Crippen LogP contribution in [0.5, 0.6) is 0 Å². The van der Waals surface area contributed by atoms with Gasteiger partial charge in [-0.3, -0.25) is 14.9 Å². The molecule has 4 N–H and O–H groups in total. The fraction of sp³-hybridized carbons (Fsp3) is 0.357. The molecule has 1 atom stereocenters. The highest BCUT2D eigenvalue weighted by Gasteiger charge is 2.43. The molecule has 4 amide bonds. The number of imide groups is 1. The van der Waals surface area contributed by atoms with Gasteiger partial charge in [0.25, 0.3) is 5.91 Å². The SMILES string of the molecule is CNCCC(=O)Nc1cccc(C2(C)NC(=O)NC2=O)c1. The maximum atomic E-state index is 11.9. The monoisotopic (exact) mass is 290 g/mol. The van der Waals surface area contributed by atoms with Crippen molar-refractivity contribution in [2.75, 3.05) is 18.9 Å². The van der Waals surface area contributed by atoms with E-state index in [0.717, 1.165) is 0 Å². The van der Waals surface area contributed by atoms with Crippen molar-refractivity contribution in [2.24, 2.45) is 0 Å². The van der Waals surface area contributed by atoms with Gasteiger partial charge in [-0.05, 0) is 31.7 Å². The molecular weight excluding hydrogens is 272 g/mol. The number of amides is 4. The Balaban J connectivity index is 2.16. The zero-order valence-corrected chi connectivity index (χ0v) is 11.9. The molecule has 0 saturated carbocycles. The molecule has 1 heterocycles. The fourth-order valence-electron chi connectivity index (χ4n) is 2.12. The summed E-state index contributed by atoms with van der Waals surface area (Å²) in [7, 11) is 1.77. The summed E-state index contributed by atoms with van der Waals surface area (Å²) in [4.78, 5) is 34.9. The molecule has 0 radical (unpaired) electrons. The van der Waals surface area contributed by atoms with Crippen LogP contribution in [0.15, 0.2) is 24.3 Å².